The molecule has 1 aliphatic carbocycles. The van der Waals surface area contributed by atoms with Gasteiger partial charge in [-0.2, -0.15) is 0 Å². The Labute approximate surface area is 109 Å². The lowest BCUT2D eigenvalue weighted by atomic mass is 9.86. The number of benzene rings is 1. The van der Waals surface area contributed by atoms with Gasteiger partial charge in [-0.25, -0.2) is 0 Å². The molecule has 1 aromatic carbocycles. The largest absolute Gasteiger partial charge is 0.496 e. The van der Waals surface area contributed by atoms with Gasteiger partial charge >= 0.3 is 0 Å². The third-order valence-electron chi connectivity index (χ3n) is 3.82. The molecule has 0 saturated heterocycles. The van der Waals surface area contributed by atoms with E-state index in [0.717, 1.165) is 25.0 Å². The Balaban J connectivity index is 2.36. The SMILES string of the molecule is CCC(=O)N(C)[C@H]1CCCc2c(OC)cccc21. The number of hydrogen-bond acceptors (Lipinski definition) is 2. The van der Waals surface area contributed by atoms with Gasteiger partial charge in [-0.15, -0.1) is 0 Å². The topological polar surface area (TPSA) is 29.5 Å². The van der Waals surface area contributed by atoms with E-state index in [0.29, 0.717) is 6.42 Å². The average Bonchev–Trinajstić information content (AvgIpc) is 2.44. The van der Waals surface area contributed by atoms with Crippen LogP contribution in [0.5, 0.6) is 5.75 Å². The summed E-state index contributed by atoms with van der Waals surface area (Å²) in [5.41, 5.74) is 2.52. The van der Waals surface area contributed by atoms with E-state index in [1.165, 1.54) is 11.1 Å². The molecule has 2 rings (SSSR count). The number of carbonyl (C=O) groups is 1. The summed E-state index contributed by atoms with van der Waals surface area (Å²) in [5.74, 6) is 1.16. The highest BCUT2D eigenvalue weighted by atomic mass is 16.5. The van der Waals surface area contributed by atoms with Crippen molar-refractivity contribution in [3.05, 3.63) is 29.3 Å². The van der Waals surface area contributed by atoms with Crippen molar-refractivity contribution in [3.63, 3.8) is 0 Å². The molecule has 0 aromatic heterocycles. The molecule has 0 unspecified atom stereocenters. The van der Waals surface area contributed by atoms with Crippen LogP contribution >= 0.6 is 0 Å². The molecule has 0 spiro atoms. The number of rotatable bonds is 3. The van der Waals surface area contributed by atoms with Gasteiger partial charge in [0.15, 0.2) is 0 Å². The predicted octanol–water partition coefficient (Wildman–Crippen LogP) is 2.94. The first-order chi connectivity index (χ1) is 8.69. The molecule has 1 atom stereocenters. The van der Waals surface area contributed by atoms with Crippen LogP contribution in [-0.4, -0.2) is 25.0 Å². The summed E-state index contributed by atoms with van der Waals surface area (Å²) in [7, 11) is 3.62. The van der Waals surface area contributed by atoms with Crippen molar-refractivity contribution in [1.82, 2.24) is 4.90 Å². The molecule has 0 N–H and O–H groups in total. The summed E-state index contributed by atoms with van der Waals surface area (Å²) in [5, 5.41) is 0. The van der Waals surface area contributed by atoms with Gasteiger partial charge < -0.3 is 9.64 Å². The molecular formula is C15H21NO2. The van der Waals surface area contributed by atoms with Crippen LogP contribution in [0, 0.1) is 0 Å². The molecule has 1 aliphatic rings. The zero-order valence-electron chi connectivity index (χ0n) is 11.4. The van der Waals surface area contributed by atoms with Crippen molar-refractivity contribution in [1.29, 1.82) is 0 Å². The van der Waals surface area contributed by atoms with Crippen molar-refractivity contribution in [2.75, 3.05) is 14.2 Å². The molecule has 0 aliphatic heterocycles. The molecule has 98 valence electrons. The maximum atomic E-state index is 11.9. The van der Waals surface area contributed by atoms with Crippen molar-refractivity contribution in [3.8, 4) is 5.75 Å². The molecule has 0 fully saturated rings. The summed E-state index contributed by atoms with van der Waals surface area (Å²) in [6, 6.07) is 6.35. The minimum Gasteiger partial charge on any atom is -0.496 e. The molecule has 1 amide bonds. The summed E-state index contributed by atoms with van der Waals surface area (Å²) >= 11 is 0. The summed E-state index contributed by atoms with van der Waals surface area (Å²) in [4.78, 5) is 13.8. The fourth-order valence-corrected chi connectivity index (χ4v) is 2.81. The quantitative estimate of drug-likeness (QED) is 0.822. The number of hydrogen-bond donors (Lipinski definition) is 0. The highest BCUT2D eigenvalue weighted by Crippen LogP contribution is 2.38. The van der Waals surface area contributed by atoms with Gasteiger partial charge in [0, 0.05) is 13.5 Å². The van der Waals surface area contributed by atoms with Crippen LogP contribution in [0.1, 0.15) is 43.4 Å². The normalized spacial score (nSPS) is 18.1. The summed E-state index contributed by atoms with van der Waals surface area (Å²) < 4.78 is 5.42. The van der Waals surface area contributed by atoms with E-state index >= 15 is 0 Å². The molecule has 3 heteroatoms. The Morgan fingerprint density at radius 3 is 2.94 bits per heavy atom. The maximum Gasteiger partial charge on any atom is 0.222 e. The Morgan fingerprint density at radius 1 is 1.50 bits per heavy atom. The number of fused-ring (bicyclic) bond motifs is 1. The van der Waals surface area contributed by atoms with E-state index in [2.05, 4.69) is 6.07 Å². The van der Waals surface area contributed by atoms with Gasteiger partial charge in [0.05, 0.1) is 13.2 Å². The van der Waals surface area contributed by atoms with E-state index in [4.69, 9.17) is 4.74 Å². The second-order valence-corrected chi connectivity index (χ2v) is 4.79. The minimum absolute atomic E-state index is 0.204. The molecule has 3 nitrogen and oxygen atoms in total. The molecular weight excluding hydrogens is 226 g/mol. The van der Waals surface area contributed by atoms with E-state index in [-0.39, 0.29) is 11.9 Å². The van der Waals surface area contributed by atoms with E-state index in [1.807, 2.05) is 31.0 Å². The Hall–Kier alpha value is -1.51. The predicted molar refractivity (Wildman–Crippen MR) is 71.7 cm³/mol. The van der Waals surface area contributed by atoms with Crippen LogP contribution in [0.3, 0.4) is 0 Å². The second-order valence-electron chi connectivity index (χ2n) is 4.79. The van der Waals surface area contributed by atoms with Crippen LogP contribution in [0.4, 0.5) is 0 Å². The number of methoxy groups -OCH3 is 1. The lowest BCUT2D eigenvalue weighted by molar-refractivity contribution is -0.132. The van der Waals surface area contributed by atoms with Gasteiger partial charge in [0.1, 0.15) is 5.75 Å². The number of nitrogens with zero attached hydrogens (tertiary/aromatic N) is 1. The molecule has 0 radical (unpaired) electrons. The van der Waals surface area contributed by atoms with Crippen LogP contribution in [0.25, 0.3) is 0 Å². The molecule has 0 heterocycles. The molecule has 1 aromatic rings. The third kappa shape index (κ3) is 2.22. The number of ether oxygens (including phenoxy) is 1. The van der Waals surface area contributed by atoms with Crippen molar-refractivity contribution in [2.24, 2.45) is 0 Å². The zero-order chi connectivity index (χ0) is 13.1. The Morgan fingerprint density at radius 2 is 2.28 bits per heavy atom. The van der Waals surface area contributed by atoms with Crippen LogP contribution in [0.15, 0.2) is 18.2 Å². The fraction of sp³-hybridized carbons (Fsp3) is 0.533. The zero-order valence-corrected chi connectivity index (χ0v) is 11.4. The van der Waals surface area contributed by atoms with Gasteiger partial charge in [-0.1, -0.05) is 19.1 Å². The van der Waals surface area contributed by atoms with Gasteiger partial charge in [0.2, 0.25) is 5.91 Å². The second kappa shape index (κ2) is 5.42. The van der Waals surface area contributed by atoms with E-state index in [1.54, 1.807) is 7.11 Å². The van der Waals surface area contributed by atoms with Crippen molar-refractivity contribution in [2.45, 2.75) is 38.6 Å². The fourth-order valence-electron chi connectivity index (χ4n) is 2.81. The molecule has 0 saturated carbocycles. The van der Waals surface area contributed by atoms with E-state index in [9.17, 15) is 4.79 Å². The smallest absolute Gasteiger partial charge is 0.222 e. The van der Waals surface area contributed by atoms with Crippen molar-refractivity contribution >= 4 is 5.91 Å². The summed E-state index contributed by atoms with van der Waals surface area (Å²) in [6.07, 6.45) is 3.76. The van der Waals surface area contributed by atoms with Gasteiger partial charge in [-0.3, -0.25) is 4.79 Å². The first-order valence-electron chi connectivity index (χ1n) is 6.60. The average molecular weight is 247 g/mol. The Kier molecular flexibility index (Phi) is 3.90. The third-order valence-corrected chi connectivity index (χ3v) is 3.82. The van der Waals surface area contributed by atoms with Gasteiger partial charge in [0.25, 0.3) is 0 Å². The standard InChI is InChI=1S/C15H21NO2/c1-4-15(17)16(2)13-9-5-8-12-11(13)7-6-10-14(12)18-3/h6-7,10,13H,4-5,8-9H2,1-3H3/t13-/m0/s1. The Bertz CT molecular complexity index is 442. The first-order valence-corrected chi connectivity index (χ1v) is 6.60. The highest BCUT2D eigenvalue weighted by Gasteiger charge is 2.27. The van der Waals surface area contributed by atoms with Gasteiger partial charge in [-0.05, 0) is 36.5 Å². The van der Waals surface area contributed by atoms with Crippen LogP contribution < -0.4 is 4.74 Å². The molecule has 0 bridgehead atoms. The highest BCUT2D eigenvalue weighted by molar-refractivity contribution is 5.76. The van der Waals surface area contributed by atoms with Crippen LogP contribution in [-0.2, 0) is 11.2 Å². The summed E-state index contributed by atoms with van der Waals surface area (Å²) in [6.45, 7) is 1.91. The van der Waals surface area contributed by atoms with E-state index < -0.39 is 0 Å². The monoisotopic (exact) mass is 247 g/mol. The number of amides is 1. The first kappa shape index (κ1) is 12.9. The lowest BCUT2D eigenvalue weighted by Gasteiger charge is -2.33. The lowest BCUT2D eigenvalue weighted by Crippen LogP contribution is -2.32. The minimum atomic E-state index is 0.204. The maximum absolute atomic E-state index is 11.9. The molecule has 18 heavy (non-hydrogen) atoms. The van der Waals surface area contributed by atoms with Crippen LogP contribution in [0.2, 0.25) is 0 Å². The van der Waals surface area contributed by atoms with Crippen molar-refractivity contribution < 1.29 is 9.53 Å². The number of carbonyl (C=O) groups excluding carboxylic acids is 1.